The van der Waals surface area contributed by atoms with E-state index in [0.717, 1.165) is 11.0 Å². The maximum Gasteiger partial charge on any atom is 0.243 e. The number of benzene rings is 1. The van der Waals surface area contributed by atoms with Crippen molar-refractivity contribution in [3.63, 3.8) is 0 Å². The molecular weight excluding hydrogens is 302 g/mol. The van der Waals surface area contributed by atoms with Gasteiger partial charge in [0.1, 0.15) is 6.54 Å². The van der Waals surface area contributed by atoms with Gasteiger partial charge in [-0.05, 0) is 52.0 Å². The smallest absolute Gasteiger partial charge is 0.243 e. The summed E-state index contributed by atoms with van der Waals surface area (Å²) in [4.78, 5) is 19.5. The summed E-state index contributed by atoms with van der Waals surface area (Å²) >= 11 is 0. The van der Waals surface area contributed by atoms with Crippen LogP contribution in [-0.4, -0.2) is 32.4 Å². The minimum absolute atomic E-state index is 0.0796. The van der Waals surface area contributed by atoms with E-state index in [1.54, 1.807) is 6.26 Å². The number of hydrogen-bond acceptors (Lipinski definition) is 3. The Bertz CT molecular complexity index is 824. The van der Waals surface area contributed by atoms with Gasteiger partial charge in [-0.2, -0.15) is 0 Å². The van der Waals surface area contributed by atoms with Crippen LogP contribution in [0.5, 0.6) is 0 Å². The van der Waals surface area contributed by atoms with Gasteiger partial charge in [0, 0.05) is 12.1 Å². The molecule has 0 atom stereocenters. The van der Waals surface area contributed by atoms with E-state index in [1.165, 1.54) is 0 Å². The molecule has 5 heteroatoms. The van der Waals surface area contributed by atoms with Gasteiger partial charge >= 0.3 is 0 Å². The summed E-state index contributed by atoms with van der Waals surface area (Å²) in [6.07, 6.45) is 1.62. The number of nitrogens with zero attached hydrogens (tertiary/aromatic N) is 3. The zero-order valence-corrected chi connectivity index (χ0v) is 14.6. The second kappa shape index (κ2) is 6.51. The Labute approximate surface area is 141 Å². The van der Waals surface area contributed by atoms with Gasteiger partial charge in [-0.25, -0.2) is 4.98 Å². The molecular formula is C19H23N3O2. The first-order chi connectivity index (χ1) is 11.5. The number of para-hydroxylation sites is 2. The van der Waals surface area contributed by atoms with Crippen molar-refractivity contribution in [2.75, 3.05) is 0 Å². The van der Waals surface area contributed by atoms with Crippen LogP contribution >= 0.6 is 0 Å². The summed E-state index contributed by atoms with van der Waals surface area (Å²) in [5.74, 6) is 1.43. The second-order valence-electron chi connectivity index (χ2n) is 6.48. The Morgan fingerprint density at radius 3 is 2.46 bits per heavy atom. The van der Waals surface area contributed by atoms with Gasteiger partial charge < -0.3 is 13.9 Å². The molecule has 5 nitrogen and oxygen atoms in total. The molecule has 2 aromatic heterocycles. The van der Waals surface area contributed by atoms with Gasteiger partial charge in [-0.1, -0.05) is 12.1 Å². The molecule has 1 aromatic carbocycles. The number of carbonyl (C=O) groups is 1. The molecule has 3 aromatic rings. The molecule has 0 aliphatic rings. The Balaban J connectivity index is 2.05. The van der Waals surface area contributed by atoms with Gasteiger partial charge in [0.15, 0.2) is 11.6 Å². The average molecular weight is 325 g/mol. The van der Waals surface area contributed by atoms with Crippen LogP contribution in [0, 0.1) is 0 Å². The molecule has 1 amide bonds. The van der Waals surface area contributed by atoms with Crippen LogP contribution in [0.15, 0.2) is 47.1 Å². The number of rotatable bonds is 5. The molecule has 0 spiro atoms. The largest absolute Gasteiger partial charge is 0.461 e. The van der Waals surface area contributed by atoms with Crippen molar-refractivity contribution < 1.29 is 9.21 Å². The summed E-state index contributed by atoms with van der Waals surface area (Å²) < 4.78 is 7.46. The molecule has 24 heavy (non-hydrogen) atoms. The number of fused-ring (bicyclic) bond motifs is 1. The van der Waals surface area contributed by atoms with Crippen molar-refractivity contribution in [3.05, 3.63) is 42.7 Å². The monoisotopic (exact) mass is 325 g/mol. The lowest BCUT2D eigenvalue weighted by Gasteiger charge is -2.31. The lowest BCUT2D eigenvalue weighted by Crippen LogP contribution is -2.43. The maximum absolute atomic E-state index is 12.9. The molecule has 0 saturated carbocycles. The highest BCUT2D eigenvalue weighted by atomic mass is 16.3. The fraction of sp³-hybridized carbons (Fsp3) is 0.368. The number of imidazole rings is 1. The average Bonchev–Trinajstić information content (AvgIpc) is 3.14. The van der Waals surface area contributed by atoms with E-state index in [1.807, 2.05) is 73.6 Å². The first-order valence-corrected chi connectivity index (χ1v) is 8.29. The van der Waals surface area contributed by atoms with Crippen molar-refractivity contribution in [1.29, 1.82) is 0 Å². The lowest BCUT2D eigenvalue weighted by molar-refractivity contribution is -0.135. The third-order valence-electron chi connectivity index (χ3n) is 4.09. The minimum Gasteiger partial charge on any atom is -0.461 e. The lowest BCUT2D eigenvalue weighted by atomic mass is 10.2. The Kier molecular flexibility index (Phi) is 4.42. The van der Waals surface area contributed by atoms with Crippen LogP contribution in [0.3, 0.4) is 0 Å². The van der Waals surface area contributed by atoms with E-state index in [0.29, 0.717) is 11.6 Å². The summed E-state index contributed by atoms with van der Waals surface area (Å²) in [6.45, 7) is 8.40. The molecule has 0 aliphatic heterocycles. The molecule has 0 fully saturated rings. The molecule has 0 radical (unpaired) electrons. The highest BCUT2D eigenvalue weighted by Crippen LogP contribution is 2.25. The highest BCUT2D eigenvalue weighted by Gasteiger charge is 2.23. The van der Waals surface area contributed by atoms with Crippen molar-refractivity contribution in [3.8, 4) is 11.6 Å². The number of carbonyl (C=O) groups excluding carboxylic acids is 1. The van der Waals surface area contributed by atoms with Gasteiger partial charge in [-0.15, -0.1) is 0 Å². The number of aromatic nitrogens is 2. The standard InChI is InChI=1S/C19H23N3O2/c1-13(2)22(14(3)4)18(23)12-21-16-9-6-5-8-15(16)20-19(21)17-10-7-11-24-17/h5-11,13-14H,12H2,1-4H3. The van der Waals surface area contributed by atoms with Gasteiger partial charge in [0.25, 0.3) is 0 Å². The zero-order chi connectivity index (χ0) is 17.3. The van der Waals surface area contributed by atoms with E-state index in [9.17, 15) is 4.79 Å². The number of amides is 1. The summed E-state index contributed by atoms with van der Waals surface area (Å²) in [7, 11) is 0. The molecule has 2 heterocycles. The molecule has 3 rings (SSSR count). The Morgan fingerprint density at radius 2 is 1.83 bits per heavy atom. The highest BCUT2D eigenvalue weighted by molar-refractivity contribution is 5.84. The number of furan rings is 1. The van der Waals surface area contributed by atoms with Crippen LogP contribution in [0.4, 0.5) is 0 Å². The molecule has 0 bridgehead atoms. The van der Waals surface area contributed by atoms with Crippen molar-refractivity contribution in [2.24, 2.45) is 0 Å². The molecule has 0 N–H and O–H groups in total. The van der Waals surface area contributed by atoms with Crippen molar-refractivity contribution in [1.82, 2.24) is 14.5 Å². The third-order valence-corrected chi connectivity index (χ3v) is 4.09. The topological polar surface area (TPSA) is 51.3 Å². The first kappa shape index (κ1) is 16.3. The predicted octanol–water partition coefficient (Wildman–Crippen LogP) is 3.94. The maximum atomic E-state index is 12.9. The van der Waals surface area contributed by atoms with Gasteiger partial charge in [-0.3, -0.25) is 4.79 Å². The fourth-order valence-corrected chi connectivity index (χ4v) is 3.22. The van der Waals surface area contributed by atoms with E-state index >= 15 is 0 Å². The third kappa shape index (κ3) is 2.94. The van der Waals surface area contributed by atoms with Crippen LogP contribution in [0.2, 0.25) is 0 Å². The summed E-state index contributed by atoms with van der Waals surface area (Å²) in [5, 5.41) is 0. The van der Waals surface area contributed by atoms with Gasteiger partial charge in [0.05, 0.1) is 17.3 Å². The predicted molar refractivity (Wildman–Crippen MR) is 94.6 cm³/mol. The molecule has 0 aliphatic carbocycles. The van der Waals surface area contributed by atoms with Crippen LogP contribution in [0.25, 0.3) is 22.6 Å². The molecule has 0 unspecified atom stereocenters. The van der Waals surface area contributed by atoms with E-state index < -0.39 is 0 Å². The van der Waals surface area contributed by atoms with Crippen LogP contribution < -0.4 is 0 Å². The summed E-state index contributed by atoms with van der Waals surface area (Å²) in [5.41, 5.74) is 1.79. The fourth-order valence-electron chi connectivity index (χ4n) is 3.22. The first-order valence-electron chi connectivity index (χ1n) is 8.29. The SMILES string of the molecule is CC(C)N(C(=O)Cn1c(-c2ccco2)nc2ccccc21)C(C)C. The van der Waals surface area contributed by atoms with Crippen LogP contribution in [-0.2, 0) is 11.3 Å². The van der Waals surface area contributed by atoms with E-state index in [-0.39, 0.29) is 24.5 Å². The van der Waals surface area contributed by atoms with E-state index in [4.69, 9.17) is 4.42 Å². The van der Waals surface area contributed by atoms with Crippen molar-refractivity contribution >= 4 is 16.9 Å². The second-order valence-corrected chi connectivity index (χ2v) is 6.48. The minimum atomic E-state index is 0.0796. The quantitative estimate of drug-likeness (QED) is 0.714. The van der Waals surface area contributed by atoms with E-state index in [2.05, 4.69) is 4.98 Å². The number of hydrogen-bond donors (Lipinski definition) is 0. The van der Waals surface area contributed by atoms with Gasteiger partial charge in [0.2, 0.25) is 5.91 Å². The Morgan fingerprint density at radius 1 is 1.12 bits per heavy atom. The van der Waals surface area contributed by atoms with Crippen molar-refractivity contribution in [2.45, 2.75) is 46.3 Å². The zero-order valence-electron chi connectivity index (χ0n) is 14.6. The van der Waals surface area contributed by atoms with Crippen LogP contribution in [0.1, 0.15) is 27.7 Å². The normalized spacial score (nSPS) is 11.6. The molecule has 0 saturated heterocycles. The summed E-state index contributed by atoms with van der Waals surface area (Å²) in [6, 6.07) is 11.8. The molecule has 126 valence electrons. The Hall–Kier alpha value is -2.56.